The number of hydrogen-bond donors (Lipinski definition) is 0. The first-order valence-corrected chi connectivity index (χ1v) is 9.07. The molecule has 3 rings (SSSR count). The third-order valence-corrected chi connectivity index (χ3v) is 4.74. The zero-order valence-corrected chi connectivity index (χ0v) is 15.3. The topological polar surface area (TPSA) is 56.7 Å². The molecule has 2 aromatic heterocycles. The van der Waals surface area contributed by atoms with E-state index in [9.17, 15) is 0 Å². The highest BCUT2D eigenvalue weighted by Gasteiger charge is 2.15. The van der Waals surface area contributed by atoms with Crippen molar-refractivity contribution in [3.63, 3.8) is 0 Å². The molecule has 3 aromatic rings. The Labute approximate surface area is 146 Å². The highest BCUT2D eigenvalue weighted by molar-refractivity contribution is 7.98. The maximum atomic E-state index is 5.77. The fraction of sp³-hybridized carbons (Fsp3) is 0.389. The minimum atomic E-state index is 0.559. The van der Waals surface area contributed by atoms with Crippen molar-refractivity contribution in [2.75, 3.05) is 0 Å². The van der Waals surface area contributed by atoms with Gasteiger partial charge in [0.25, 0.3) is 0 Å². The summed E-state index contributed by atoms with van der Waals surface area (Å²) in [6.07, 6.45) is 0. The summed E-state index contributed by atoms with van der Waals surface area (Å²) in [5.41, 5.74) is 3.24. The second-order valence-electron chi connectivity index (χ2n) is 6.23. The van der Waals surface area contributed by atoms with E-state index in [1.807, 2.05) is 30.3 Å². The van der Waals surface area contributed by atoms with Crippen molar-refractivity contribution in [2.24, 2.45) is 5.92 Å². The van der Waals surface area contributed by atoms with Crippen LogP contribution in [0.25, 0.3) is 11.5 Å². The lowest BCUT2D eigenvalue weighted by Gasteiger charge is -2.11. The van der Waals surface area contributed by atoms with Crippen LogP contribution in [0.2, 0.25) is 0 Å². The molecule has 126 valence electrons. The normalized spacial score (nSPS) is 11.4. The quantitative estimate of drug-likeness (QED) is 0.617. The van der Waals surface area contributed by atoms with Crippen molar-refractivity contribution in [2.45, 2.75) is 45.1 Å². The minimum Gasteiger partial charge on any atom is -0.420 e. The molecule has 5 nitrogen and oxygen atoms in total. The number of thioether (sulfide) groups is 1. The Balaban J connectivity index is 1.73. The molecule has 6 heteroatoms. The average molecular weight is 342 g/mol. The number of imidazole rings is 1. The van der Waals surface area contributed by atoms with Crippen LogP contribution in [-0.4, -0.2) is 19.7 Å². The Hall–Kier alpha value is -2.08. The van der Waals surface area contributed by atoms with Crippen LogP contribution < -0.4 is 0 Å². The van der Waals surface area contributed by atoms with Gasteiger partial charge in [-0.05, 0) is 31.9 Å². The molecule has 0 saturated heterocycles. The second-order valence-corrected chi connectivity index (χ2v) is 7.17. The van der Waals surface area contributed by atoms with Crippen LogP contribution >= 0.6 is 11.8 Å². The maximum absolute atomic E-state index is 5.77. The van der Waals surface area contributed by atoms with E-state index in [2.05, 4.69) is 47.4 Å². The van der Waals surface area contributed by atoms with Crippen molar-refractivity contribution < 1.29 is 4.42 Å². The predicted octanol–water partition coefficient (Wildman–Crippen LogP) is 4.50. The van der Waals surface area contributed by atoms with Gasteiger partial charge in [-0.3, -0.25) is 0 Å². The average Bonchev–Trinajstić information content (AvgIpc) is 3.14. The van der Waals surface area contributed by atoms with E-state index in [4.69, 9.17) is 4.42 Å². The number of aromatic nitrogens is 4. The van der Waals surface area contributed by atoms with Crippen LogP contribution in [0.15, 0.2) is 39.9 Å². The molecule has 0 aliphatic carbocycles. The molecule has 0 aliphatic heterocycles. The predicted molar refractivity (Wildman–Crippen MR) is 95.8 cm³/mol. The van der Waals surface area contributed by atoms with Crippen LogP contribution in [0.1, 0.15) is 31.1 Å². The Kier molecular flexibility index (Phi) is 5.04. The van der Waals surface area contributed by atoms with Gasteiger partial charge < -0.3 is 8.98 Å². The fourth-order valence-electron chi connectivity index (χ4n) is 2.45. The third kappa shape index (κ3) is 3.70. The minimum absolute atomic E-state index is 0.559. The molecule has 0 fully saturated rings. The summed E-state index contributed by atoms with van der Waals surface area (Å²) >= 11 is 1.64. The number of nitrogens with zero attached hydrogens (tertiary/aromatic N) is 4. The molecule has 0 radical (unpaired) electrons. The lowest BCUT2D eigenvalue weighted by atomic mass is 10.2. The summed E-state index contributed by atoms with van der Waals surface area (Å²) in [5.74, 6) is 2.37. The highest BCUT2D eigenvalue weighted by Crippen LogP contribution is 2.26. The number of aryl methyl sites for hydroxylation is 1. The summed E-state index contributed by atoms with van der Waals surface area (Å²) in [4.78, 5) is 4.68. The van der Waals surface area contributed by atoms with E-state index in [0.717, 1.165) is 23.0 Å². The van der Waals surface area contributed by atoms with E-state index in [-0.39, 0.29) is 0 Å². The Morgan fingerprint density at radius 1 is 1.12 bits per heavy atom. The lowest BCUT2D eigenvalue weighted by molar-refractivity contribution is 0.485. The standard InChI is InChI=1S/C18H22N4OS/c1-12(2)10-22-14(4)13(3)19-18(22)24-11-16-20-21-17(23-16)15-8-6-5-7-9-15/h5-9,12H,10-11H2,1-4H3. The van der Waals surface area contributed by atoms with Gasteiger partial charge >= 0.3 is 0 Å². The van der Waals surface area contributed by atoms with Crippen molar-refractivity contribution in [3.05, 3.63) is 47.6 Å². The van der Waals surface area contributed by atoms with Gasteiger partial charge in [0.1, 0.15) is 0 Å². The van der Waals surface area contributed by atoms with Crippen LogP contribution in [-0.2, 0) is 12.3 Å². The molecular weight excluding hydrogens is 320 g/mol. The molecule has 2 heterocycles. The van der Waals surface area contributed by atoms with Crippen molar-refractivity contribution >= 4 is 11.8 Å². The van der Waals surface area contributed by atoms with Gasteiger partial charge in [0.05, 0.1) is 11.4 Å². The second kappa shape index (κ2) is 7.21. The summed E-state index contributed by atoms with van der Waals surface area (Å²) in [7, 11) is 0. The zero-order valence-electron chi connectivity index (χ0n) is 14.5. The summed E-state index contributed by atoms with van der Waals surface area (Å²) < 4.78 is 8.05. The van der Waals surface area contributed by atoms with Crippen LogP contribution in [0.5, 0.6) is 0 Å². The zero-order chi connectivity index (χ0) is 17.1. The largest absolute Gasteiger partial charge is 0.420 e. The Morgan fingerprint density at radius 2 is 1.88 bits per heavy atom. The van der Waals surface area contributed by atoms with Crippen molar-refractivity contribution in [3.8, 4) is 11.5 Å². The highest BCUT2D eigenvalue weighted by atomic mass is 32.2. The van der Waals surface area contributed by atoms with Gasteiger partial charge in [0.2, 0.25) is 11.8 Å². The molecule has 0 atom stereocenters. The molecule has 0 bridgehead atoms. The monoisotopic (exact) mass is 342 g/mol. The van der Waals surface area contributed by atoms with Crippen LogP contribution in [0.4, 0.5) is 0 Å². The summed E-state index contributed by atoms with van der Waals surface area (Å²) in [6.45, 7) is 9.57. The van der Waals surface area contributed by atoms with Gasteiger partial charge in [-0.25, -0.2) is 4.98 Å². The molecule has 24 heavy (non-hydrogen) atoms. The summed E-state index contributed by atoms with van der Waals surface area (Å²) in [6, 6.07) is 9.82. The maximum Gasteiger partial charge on any atom is 0.247 e. The number of rotatable bonds is 6. The fourth-order valence-corrected chi connectivity index (χ4v) is 3.39. The van der Waals surface area contributed by atoms with E-state index >= 15 is 0 Å². The van der Waals surface area contributed by atoms with Crippen molar-refractivity contribution in [1.82, 2.24) is 19.7 Å². The van der Waals surface area contributed by atoms with E-state index in [1.54, 1.807) is 11.8 Å². The van der Waals surface area contributed by atoms with Crippen molar-refractivity contribution in [1.29, 1.82) is 0 Å². The van der Waals surface area contributed by atoms with Gasteiger partial charge in [0, 0.05) is 17.8 Å². The molecule has 0 aliphatic rings. The first-order valence-electron chi connectivity index (χ1n) is 8.09. The van der Waals surface area contributed by atoms with Gasteiger partial charge in [-0.2, -0.15) is 0 Å². The van der Waals surface area contributed by atoms with Crippen LogP contribution in [0, 0.1) is 19.8 Å². The SMILES string of the molecule is Cc1nc(SCc2nnc(-c3ccccc3)o2)n(CC(C)C)c1C. The Morgan fingerprint density at radius 3 is 2.58 bits per heavy atom. The van der Waals surface area contributed by atoms with Gasteiger partial charge in [-0.15, -0.1) is 10.2 Å². The molecule has 0 amide bonds. The van der Waals surface area contributed by atoms with E-state index in [1.165, 1.54) is 5.69 Å². The van der Waals surface area contributed by atoms with E-state index < -0.39 is 0 Å². The third-order valence-electron chi connectivity index (χ3n) is 3.78. The summed E-state index contributed by atoms with van der Waals surface area (Å²) in [5, 5.41) is 9.30. The Bertz CT molecular complexity index is 808. The van der Waals surface area contributed by atoms with Crippen LogP contribution in [0.3, 0.4) is 0 Å². The van der Waals surface area contributed by atoms with Gasteiger partial charge in [0.15, 0.2) is 5.16 Å². The number of hydrogen-bond acceptors (Lipinski definition) is 5. The first kappa shape index (κ1) is 16.8. The lowest BCUT2D eigenvalue weighted by Crippen LogP contribution is -2.07. The van der Waals surface area contributed by atoms with Gasteiger partial charge in [-0.1, -0.05) is 43.8 Å². The van der Waals surface area contributed by atoms with E-state index in [0.29, 0.717) is 23.5 Å². The first-order chi connectivity index (χ1) is 11.5. The number of benzene rings is 1. The molecular formula is C18H22N4OS. The molecule has 0 N–H and O–H groups in total. The smallest absolute Gasteiger partial charge is 0.247 e. The molecule has 0 saturated carbocycles. The molecule has 1 aromatic carbocycles. The molecule has 0 unspecified atom stereocenters. The molecule has 0 spiro atoms.